The average molecular weight is 510 g/mol. The lowest BCUT2D eigenvalue weighted by Crippen LogP contribution is -2.37. The predicted molar refractivity (Wildman–Crippen MR) is 122 cm³/mol. The number of aryl methyl sites for hydroxylation is 1. The molecule has 0 saturated heterocycles. The van der Waals surface area contributed by atoms with E-state index < -0.39 is 34.4 Å². The molecule has 0 bridgehead atoms. The van der Waals surface area contributed by atoms with Gasteiger partial charge in [0.2, 0.25) is 11.4 Å². The van der Waals surface area contributed by atoms with Crippen molar-refractivity contribution in [2.75, 3.05) is 6.61 Å². The number of carbonyl (C=O) groups is 1. The molecule has 35 heavy (non-hydrogen) atoms. The number of thiazole rings is 1. The second kappa shape index (κ2) is 9.94. The van der Waals surface area contributed by atoms with Crippen LogP contribution >= 0.6 is 11.3 Å². The molecule has 0 fully saturated rings. The molecule has 9 nitrogen and oxygen atoms in total. The van der Waals surface area contributed by atoms with E-state index in [4.69, 9.17) is 4.74 Å². The normalized spacial score (nSPS) is 12.8. The number of benzene rings is 1. The first-order valence-electron chi connectivity index (χ1n) is 10.3. The van der Waals surface area contributed by atoms with Gasteiger partial charge < -0.3 is 10.1 Å². The summed E-state index contributed by atoms with van der Waals surface area (Å²) in [5.41, 5.74) is -0.311. The lowest BCUT2D eigenvalue weighted by atomic mass is 10.1. The van der Waals surface area contributed by atoms with Crippen molar-refractivity contribution < 1.29 is 27.6 Å². The van der Waals surface area contributed by atoms with Crippen LogP contribution < -0.4 is 10.1 Å². The van der Waals surface area contributed by atoms with Crippen LogP contribution in [0.2, 0.25) is 0 Å². The Hall–Kier alpha value is -3.61. The van der Waals surface area contributed by atoms with E-state index in [2.05, 4.69) is 20.3 Å². The summed E-state index contributed by atoms with van der Waals surface area (Å²) in [4.78, 5) is 35.6. The van der Waals surface area contributed by atoms with Crippen LogP contribution in [0, 0.1) is 17.0 Å². The van der Waals surface area contributed by atoms with E-state index in [1.54, 1.807) is 25.3 Å². The number of nitrogens with one attached hydrogen (secondary N) is 1. The summed E-state index contributed by atoms with van der Waals surface area (Å²) in [5.74, 6) is -1.57. The highest BCUT2D eigenvalue weighted by atomic mass is 32.1. The first-order valence-corrected chi connectivity index (χ1v) is 11.1. The van der Waals surface area contributed by atoms with Gasteiger partial charge in [0.1, 0.15) is 10.8 Å². The number of nitrogens with zero attached hydrogens (tertiary/aromatic N) is 4. The van der Waals surface area contributed by atoms with Gasteiger partial charge in [0.05, 0.1) is 6.04 Å². The topological polar surface area (TPSA) is 120 Å². The van der Waals surface area contributed by atoms with Crippen molar-refractivity contribution in [3.63, 3.8) is 0 Å². The maximum absolute atomic E-state index is 13.0. The molecule has 1 amide bonds. The monoisotopic (exact) mass is 509 g/mol. The first kappa shape index (κ1) is 26.0. The molecule has 1 aromatic carbocycles. The fraction of sp³-hybridized carbons (Fsp3) is 0.364. The maximum atomic E-state index is 13.0. The Labute approximate surface area is 202 Å². The van der Waals surface area contributed by atoms with E-state index in [1.165, 1.54) is 31.3 Å². The summed E-state index contributed by atoms with van der Waals surface area (Å²) in [6, 6.07) is 3.96. The maximum Gasteiger partial charge on any atom is 0.451 e. The van der Waals surface area contributed by atoms with Crippen LogP contribution in [0.3, 0.4) is 0 Å². The Bertz CT molecular complexity index is 1230. The van der Waals surface area contributed by atoms with E-state index in [1.807, 2.05) is 6.92 Å². The molecule has 0 aliphatic carbocycles. The zero-order valence-corrected chi connectivity index (χ0v) is 20.0. The van der Waals surface area contributed by atoms with Gasteiger partial charge in [-0.25, -0.2) is 15.0 Å². The number of carbonyl (C=O) groups excluding carboxylic acids is 1. The molecule has 3 rings (SSSR count). The fourth-order valence-electron chi connectivity index (χ4n) is 2.81. The molecule has 1 unspecified atom stereocenters. The van der Waals surface area contributed by atoms with Gasteiger partial charge in [-0.3, -0.25) is 14.9 Å². The molecule has 0 saturated carbocycles. The standard InChI is InChI=1S/C22H22F3N5O4S/c1-12-8-26-19(35-12)15-5-14(6-17(7-15)34-11-21(3,4)30(32)33)18(31)29-13(2)16-9-27-20(28-10-16)22(23,24)25/h5-10,13H,11H2,1-4H3,(H,29,31). The van der Waals surface area contributed by atoms with Crippen LogP contribution in [-0.4, -0.2) is 37.9 Å². The van der Waals surface area contributed by atoms with E-state index in [-0.39, 0.29) is 23.5 Å². The molecule has 2 aromatic heterocycles. The van der Waals surface area contributed by atoms with E-state index in [0.717, 1.165) is 17.3 Å². The van der Waals surface area contributed by atoms with Gasteiger partial charge in [0.15, 0.2) is 6.61 Å². The molecule has 0 spiro atoms. The van der Waals surface area contributed by atoms with Gasteiger partial charge in [0, 0.05) is 58.9 Å². The Morgan fingerprint density at radius 3 is 2.37 bits per heavy atom. The predicted octanol–water partition coefficient (Wildman–Crippen LogP) is 4.85. The van der Waals surface area contributed by atoms with Crippen molar-refractivity contribution in [1.82, 2.24) is 20.3 Å². The number of halogens is 3. The van der Waals surface area contributed by atoms with Gasteiger partial charge in [-0.1, -0.05) is 0 Å². The van der Waals surface area contributed by atoms with Crippen molar-refractivity contribution in [1.29, 1.82) is 0 Å². The number of alkyl halides is 3. The minimum atomic E-state index is -4.67. The average Bonchev–Trinajstić information content (AvgIpc) is 3.23. The van der Waals surface area contributed by atoms with Crippen molar-refractivity contribution >= 4 is 17.2 Å². The Kier molecular flexibility index (Phi) is 7.38. The van der Waals surface area contributed by atoms with E-state index in [0.29, 0.717) is 10.6 Å². The van der Waals surface area contributed by atoms with Crippen LogP contribution in [-0.2, 0) is 6.18 Å². The molecule has 3 aromatic rings. The van der Waals surface area contributed by atoms with Gasteiger partial charge >= 0.3 is 6.18 Å². The third-order valence-corrected chi connectivity index (χ3v) is 5.86. The van der Waals surface area contributed by atoms with Crippen molar-refractivity contribution in [3.8, 4) is 16.3 Å². The molecule has 0 aliphatic heterocycles. The highest BCUT2D eigenvalue weighted by molar-refractivity contribution is 7.14. The Balaban J connectivity index is 1.86. The lowest BCUT2D eigenvalue weighted by molar-refractivity contribution is -0.562. The smallest absolute Gasteiger partial charge is 0.451 e. The quantitative estimate of drug-likeness (QED) is 0.340. The van der Waals surface area contributed by atoms with Crippen molar-refractivity contribution in [2.45, 2.75) is 45.5 Å². The van der Waals surface area contributed by atoms with Gasteiger partial charge in [-0.2, -0.15) is 13.2 Å². The summed E-state index contributed by atoms with van der Waals surface area (Å²) in [5, 5.41) is 14.5. The van der Waals surface area contributed by atoms with Crippen molar-refractivity contribution in [2.24, 2.45) is 0 Å². The summed E-state index contributed by atoms with van der Waals surface area (Å²) >= 11 is 1.40. The van der Waals surface area contributed by atoms with Crippen molar-refractivity contribution in [3.05, 3.63) is 68.7 Å². The first-order chi connectivity index (χ1) is 16.3. The molecule has 1 N–H and O–H groups in total. The Morgan fingerprint density at radius 2 is 1.83 bits per heavy atom. The summed E-state index contributed by atoms with van der Waals surface area (Å²) in [7, 11) is 0. The van der Waals surface area contributed by atoms with Crippen LogP contribution in [0.25, 0.3) is 10.6 Å². The second-order valence-corrected chi connectivity index (χ2v) is 9.65. The number of ether oxygens (including phenoxy) is 1. The molecule has 2 heterocycles. The number of rotatable bonds is 8. The lowest BCUT2D eigenvalue weighted by Gasteiger charge is -2.18. The minimum Gasteiger partial charge on any atom is -0.486 e. The van der Waals surface area contributed by atoms with Crippen LogP contribution in [0.5, 0.6) is 5.75 Å². The zero-order valence-electron chi connectivity index (χ0n) is 19.2. The molecule has 1 atom stereocenters. The highest BCUT2D eigenvalue weighted by Gasteiger charge is 2.34. The Morgan fingerprint density at radius 1 is 1.17 bits per heavy atom. The summed E-state index contributed by atoms with van der Waals surface area (Å²) in [6.45, 7) is 6.06. The number of hydrogen-bond donors (Lipinski definition) is 1. The third-order valence-electron chi connectivity index (χ3n) is 4.90. The van der Waals surface area contributed by atoms with Crippen LogP contribution in [0.15, 0.2) is 36.8 Å². The number of hydrogen-bond acceptors (Lipinski definition) is 8. The third kappa shape index (κ3) is 6.50. The number of nitro groups is 1. The van der Waals surface area contributed by atoms with Crippen LogP contribution in [0.4, 0.5) is 13.2 Å². The molecule has 0 aliphatic rings. The molecular formula is C22H22F3N5O4S. The minimum absolute atomic E-state index is 0.184. The van der Waals surface area contributed by atoms with Gasteiger partial charge in [-0.15, -0.1) is 11.3 Å². The highest BCUT2D eigenvalue weighted by Crippen LogP contribution is 2.30. The van der Waals surface area contributed by atoms with Crippen LogP contribution in [0.1, 0.15) is 53.4 Å². The SMILES string of the molecule is Cc1cnc(-c2cc(OCC(C)(C)[N+](=O)[O-])cc(C(=O)NC(C)c3cnc(C(F)(F)F)nc3)c2)s1. The number of aromatic nitrogens is 3. The summed E-state index contributed by atoms with van der Waals surface area (Å²) < 4.78 is 43.8. The molecule has 13 heteroatoms. The molecular weight excluding hydrogens is 487 g/mol. The fourth-order valence-corrected chi connectivity index (χ4v) is 3.56. The number of amides is 1. The molecule has 0 radical (unpaired) electrons. The largest absolute Gasteiger partial charge is 0.486 e. The van der Waals surface area contributed by atoms with Gasteiger partial charge in [-0.05, 0) is 32.0 Å². The van der Waals surface area contributed by atoms with E-state index in [9.17, 15) is 28.1 Å². The second-order valence-electron chi connectivity index (χ2n) is 8.41. The summed E-state index contributed by atoms with van der Waals surface area (Å²) in [6.07, 6.45) is -0.983. The van der Waals surface area contributed by atoms with Gasteiger partial charge in [0.25, 0.3) is 5.91 Å². The van der Waals surface area contributed by atoms with E-state index >= 15 is 0 Å². The molecule has 186 valence electrons. The zero-order chi connectivity index (χ0) is 26.0.